The van der Waals surface area contributed by atoms with Gasteiger partial charge in [-0.05, 0) is 12.1 Å². The van der Waals surface area contributed by atoms with Crippen LogP contribution >= 0.6 is 22.9 Å². The Morgan fingerprint density at radius 3 is 2.57 bits per heavy atom. The van der Waals surface area contributed by atoms with E-state index in [4.69, 9.17) is 17.3 Å². The van der Waals surface area contributed by atoms with Gasteiger partial charge in [0.15, 0.2) is 9.84 Å². The summed E-state index contributed by atoms with van der Waals surface area (Å²) in [4.78, 5) is 11.0. The molecular weight excluding hydrogens is 246 g/mol. The maximum absolute atomic E-state index is 11.3. The van der Waals surface area contributed by atoms with E-state index in [-0.39, 0.29) is 5.75 Å². The normalized spacial score (nSPS) is 11.5. The average Bonchev–Trinajstić information content (AvgIpc) is 2.30. The Labute approximate surface area is 90.6 Å². The van der Waals surface area contributed by atoms with Crippen molar-refractivity contribution in [1.82, 2.24) is 0 Å². The third-order valence-electron chi connectivity index (χ3n) is 1.35. The van der Waals surface area contributed by atoms with Gasteiger partial charge >= 0.3 is 0 Å². The van der Waals surface area contributed by atoms with E-state index in [1.807, 2.05) is 0 Å². The zero-order chi connectivity index (χ0) is 10.8. The summed E-state index contributed by atoms with van der Waals surface area (Å²) in [5, 5.41) is 0. The van der Waals surface area contributed by atoms with Gasteiger partial charge in [-0.1, -0.05) is 11.6 Å². The number of halogens is 1. The average molecular weight is 254 g/mol. The van der Waals surface area contributed by atoms with Crippen LogP contribution in [0.25, 0.3) is 0 Å². The Bertz CT molecular complexity index is 438. The lowest BCUT2D eigenvalue weighted by atomic mass is 10.5. The molecule has 0 unspecified atom stereocenters. The summed E-state index contributed by atoms with van der Waals surface area (Å²) in [5.74, 6) is -1.65. The first-order valence-corrected chi connectivity index (χ1v) is 6.63. The lowest BCUT2D eigenvalue weighted by Crippen LogP contribution is -2.23. The van der Waals surface area contributed by atoms with Crippen molar-refractivity contribution in [3.63, 3.8) is 0 Å². The van der Waals surface area contributed by atoms with Gasteiger partial charge in [-0.15, -0.1) is 11.3 Å². The van der Waals surface area contributed by atoms with E-state index in [1.165, 1.54) is 11.3 Å². The molecule has 0 aliphatic rings. The van der Waals surface area contributed by atoms with Crippen LogP contribution in [0.5, 0.6) is 0 Å². The van der Waals surface area contributed by atoms with Crippen molar-refractivity contribution >= 4 is 38.7 Å². The first kappa shape index (κ1) is 11.5. The van der Waals surface area contributed by atoms with Crippen molar-refractivity contribution in [3.8, 4) is 0 Å². The number of amides is 1. The number of sulfone groups is 1. The number of hydrogen-bond donors (Lipinski definition) is 1. The smallest absolute Gasteiger partial charge is 0.232 e. The Morgan fingerprint density at radius 1 is 1.50 bits per heavy atom. The van der Waals surface area contributed by atoms with Crippen molar-refractivity contribution < 1.29 is 13.2 Å². The van der Waals surface area contributed by atoms with Crippen molar-refractivity contribution in [3.05, 3.63) is 21.3 Å². The Hall–Kier alpha value is -0.590. The van der Waals surface area contributed by atoms with Gasteiger partial charge in [-0.25, -0.2) is 8.42 Å². The molecule has 0 aliphatic heterocycles. The highest BCUT2D eigenvalue weighted by Crippen LogP contribution is 2.23. The van der Waals surface area contributed by atoms with Gasteiger partial charge in [0.25, 0.3) is 0 Å². The molecule has 0 aliphatic carbocycles. The molecule has 0 bridgehead atoms. The second kappa shape index (κ2) is 4.29. The van der Waals surface area contributed by atoms with Crippen LogP contribution in [0.15, 0.2) is 12.1 Å². The summed E-state index contributed by atoms with van der Waals surface area (Å²) in [7, 11) is -3.44. The van der Waals surface area contributed by atoms with Crippen LogP contribution in [-0.2, 0) is 20.4 Å². The summed E-state index contributed by atoms with van der Waals surface area (Å²) >= 11 is 6.80. The number of thiophene rings is 1. The molecule has 14 heavy (non-hydrogen) atoms. The van der Waals surface area contributed by atoms with Crippen LogP contribution in [0.3, 0.4) is 0 Å². The van der Waals surface area contributed by atoms with E-state index >= 15 is 0 Å². The van der Waals surface area contributed by atoms with Crippen LogP contribution in [0.2, 0.25) is 4.34 Å². The van der Waals surface area contributed by atoms with E-state index in [1.54, 1.807) is 12.1 Å². The van der Waals surface area contributed by atoms with Crippen LogP contribution in [0, 0.1) is 0 Å². The molecule has 0 spiro atoms. The fourth-order valence-corrected chi connectivity index (χ4v) is 3.64. The molecule has 0 radical (unpaired) electrons. The highest BCUT2D eigenvalue weighted by molar-refractivity contribution is 7.91. The predicted octanol–water partition coefficient (Wildman–Crippen LogP) is 0.802. The minimum atomic E-state index is -3.44. The third kappa shape index (κ3) is 3.65. The summed E-state index contributed by atoms with van der Waals surface area (Å²) in [6, 6.07) is 3.23. The van der Waals surface area contributed by atoms with Crippen molar-refractivity contribution in [2.75, 3.05) is 5.75 Å². The second-order valence-corrected chi connectivity index (χ2v) is 6.57. The molecule has 0 saturated heterocycles. The first-order chi connectivity index (χ1) is 6.39. The van der Waals surface area contributed by atoms with Crippen molar-refractivity contribution in [2.24, 2.45) is 5.73 Å². The van der Waals surface area contributed by atoms with E-state index in [0.29, 0.717) is 9.21 Å². The molecule has 0 aromatic carbocycles. The van der Waals surface area contributed by atoms with Crippen LogP contribution in [-0.4, -0.2) is 20.1 Å². The fraction of sp³-hybridized carbons (Fsp3) is 0.286. The SMILES string of the molecule is NC(=O)CS(=O)(=O)Cc1ccc(Cl)s1. The molecule has 7 heteroatoms. The fourth-order valence-electron chi connectivity index (χ4n) is 0.914. The molecule has 4 nitrogen and oxygen atoms in total. The summed E-state index contributed by atoms with van der Waals surface area (Å²) < 4.78 is 23.1. The van der Waals surface area contributed by atoms with E-state index < -0.39 is 21.5 Å². The number of carbonyl (C=O) groups is 1. The molecular formula is C7H8ClNO3S2. The van der Waals surface area contributed by atoms with Crippen LogP contribution < -0.4 is 5.73 Å². The van der Waals surface area contributed by atoms with Gasteiger partial charge in [0, 0.05) is 4.88 Å². The van der Waals surface area contributed by atoms with Gasteiger partial charge in [-0.3, -0.25) is 4.79 Å². The van der Waals surface area contributed by atoms with E-state index in [0.717, 1.165) is 0 Å². The van der Waals surface area contributed by atoms with Gasteiger partial charge in [0.1, 0.15) is 5.75 Å². The Morgan fingerprint density at radius 2 is 2.14 bits per heavy atom. The minimum absolute atomic E-state index is 0.187. The molecule has 78 valence electrons. The molecule has 1 rings (SSSR count). The number of hydrogen-bond acceptors (Lipinski definition) is 4. The molecule has 0 atom stereocenters. The number of primary amides is 1. The van der Waals surface area contributed by atoms with Gasteiger partial charge in [-0.2, -0.15) is 0 Å². The molecule has 1 aromatic heterocycles. The monoisotopic (exact) mass is 253 g/mol. The number of carbonyl (C=O) groups excluding carboxylic acids is 1. The summed E-state index contributed by atoms with van der Waals surface area (Å²) in [6.45, 7) is 0. The maximum Gasteiger partial charge on any atom is 0.232 e. The zero-order valence-corrected chi connectivity index (χ0v) is 9.45. The topological polar surface area (TPSA) is 77.2 Å². The van der Waals surface area contributed by atoms with E-state index in [9.17, 15) is 13.2 Å². The minimum Gasteiger partial charge on any atom is -0.369 e. The quantitative estimate of drug-likeness (QED) is 0.862. The van der Waals surface area contributed by atoms with Crippen LogP contribution in [0.4, 0.5) is 0 Å². The second-order valence-electron chi connectivity index (χ2n) is 2.70. The molecule has 0 fully saturated rings. The Balaban J connectivity index is 2.73. The first-order valence-electron chi connectivity index (χ1n) is 3.62. The maximum atomic E-state index is 11.3. The molecule has 0 saturated carbocycles. The molecule has 1 aromatic rings. The van der Waals surface area contributed by atoms with Crippen LogP contribution in [0.1, 0.15) is 4.88 Å². The van der Waals surface area contributed by atoms with Gasteiger partial charge < -0.3 is 5.73 Å². The van der Waals surface area contributed by atoms with E-state index in [2.05, 4.69) is 0 Å². The van der Waals surface area contributed by atoms with Crippen molar-refractivity contribution in [1.29, 1.82) is 0 Å². The van der Waals surface area contributed by atoms with Gasteiger partial charge in [0.05, 0.1) is 10.1 Å². The summed E-state index contributed by atoms with van der Waals surface area (Å²) in [5.41, 5.74) is 4.80. The molecule has 1 amide bonds. The zero-order valence-electron chi connectivity index (χ0n) is 7.07. The summed E-state index contributed by atoms with van der Waals surface area (Å²) in [6.07, 6.45) is 0. The predicted molar refractivity (Wildman–Crippen MR) is 56.0 cm³/mol. The van der Waals surface area contributed by atoms with Gasteiger partial charge in [0.2, 0.25) is 5.91 Å². The highest BCUT2D eigenvalue weighted by Gasteiger charge is 2.16. The lowest BCUT2D eigenvalue weighted by Gasteiger charge is -1.98. The molecule has 1 heterocycles. The molecule has 2 N–H and O–H groups in total. The number of nitrogens with two attached hydrogens (primary N) is 1. The largest absolute Gasteiger partial charge is 0.369 e. The highest BCUT2D eigenvalue weighted by atomic mass is 35.5. The lowest BCUT2D eigenvalue weighted by molar-refractivity contribution is -0.115. The third-order valence-corrected chi connectivity index (χ3v) is 4.24. The number of rotatable bonds is 4. The Kier molecular flexibility index (Phi) is 3.52. The standard InChI is InChI=1S/C7H8ClNO3S2/c8-6-2-1-5(13-6)3-14(11,12)4-7(9)10/h1-2H,3-4H2,(H2,9,10). The van der Waals surface area contributed by atoms with Crippen molar-refractivity contribution in [2.45, 2.75) is 5.75 Å².